The van der Waals surface area contributed by atoms with E-state index < -0.39 is 0 Å². The zero-order valence-corrected chi connectivity index (χ0v) is 10.2. The van der Waals surface area contributed by atoms with Crippen molar-refractivity contribution in [3.8, 4) is 0 Å². The molecule has 1 unspecified atom stereocenters. The fraction of sp³-hybridized carbons (Fsp3) is 0.917. The highest BCUT2D eigenvalue weighted by atomic mass is 16.5. The molecule has 1 aliphatic carbocycles. The summed E-state index contributed by atoms with van der Waals surface area (Å²) in [5.74, 6) is 0.346. The monoisotopic (exact) mass is 225 g/mol. The highest BCUT2D eigenvalue weighted by Gasteiger charge is 2.45. The molecule has 0 aromatic carbocycles. The molecule has 2 fully saturated rings. The van der Waals surface area contributed by atoms with E-state index in [0.717, 1.165) is 39.1 Å². The van der Waals surface area contributed by atoms with Crippen LogP contribution in [0.1, 0.15) is 32.6 Å². The van der Waals surface area contributed by atoms with Gasteiger partial charge in [-0.1, -0.05) is 6.92 Å². The number of ether oxygens (including phenoxy) is 1. The van der Waals surface area contributed by atoms with E-state index >= 15 is 0 Å². The maximum absolute atomic E-state index is 7.44. The van der Waals surface area contributed by atoms with Crippen molar-refractivity contribution in [1.29, 1.82) is 5.41 Å². The quantitative estimate of drug-likeness (QED) is 0.546. The minimum atomic E-state index is 0.330. The number of nitrogens with zero attached hydrogens (tertiary/aromatic N) is 1. The zero-order valence-electron chi connectivity index (χ0n) is 10.2. The molecule has 4 nitrogen and oxygen atoms in total. The summed E-state index contributed by atoms with van der Waals surface area (Å²) in [6, 6.07) is 0.568. The van der Waals surface area contributed by atoms with Crippen molar-refractivity contribution < 1.29 is 4.74 Å². The van der Waals surface area contributed by atoms with E-state index in [0.29, 0.717) is 17.3 Å². The van der Waals surface area contributed by atoms with Crippen LogP contribution < -0.4 is 5.73 Å². The molecule has 0 aromatic rings. The summed E-state index contributed by atoms with van der Waals surface area (Å²) in [6.07, 6.45) is 4.40. The summed E-state index contributed by atoms with van der Waals surface area (Å²) in [6.45, 7) is 6.09. The van der Waals surface area contributed by atoms with Crippen molar-refractivity contribution in [2.24, 2.45) is 11.1 Å². The second-order valence-corrected chi connectivity index (χ2v) is 5.31. The van der Waals surface area contributed by atoms with Gasteiger partial charge in [0.25, 0.3) is 0 Å². The molecule has 0 aromatic heterocycles. The molecule has 3 N–H and O–H groups in total. The lowest BCUT2D eigenvalue weighted by Crippen LogP contribution is -2.47. The number of nitrogens with one attached hydrogen (secondary N) is 1. The maximum Gasteiger partial charge on any atom is 0.0911 e. The second kappa shape index (κ2) is 4.72. The van der Waals surface area contributed by atoms with Gasteiger partial charge in [0, 0.05) is 25.6 Å². The molecule has 1 saturated heterocycles. The fourth-order valence-electron chi connectivity index (χ4n) is 2.68. The number of hydrogen-bond donors (Lipinski definition) is 2. The maximum atomic E-state index is 7.44. The first-order valence-electron chi connectivity index (χ1n) is 6.30. The van der Waals surface area contributed by atoms with Crippen LogP contribution in [0.25, 0.3) is 0 Å². The van der Waals surface area contributed by atoms with E-state index in [-0.39, 0.29) is 0 Å². The van der Waals surface area contributed by atoms with Crippen LogP contribution in [-0.2, 0) is 4.74 Å². The summed E-state index contributed by atoms with van der Waals surface area (Å²) in [7, 11) is 0. The van der Waals surface area contributed by atoms with E-state index in [1.165, 1.54) is 12.8 Å². The number of nitrogens with two attached hydrogens (primary N) is 1. The van der Waals surface area contributed by atoms with E-state index in [2.05, 4.69) is 11.8 Å². The van der Waals surface area contributed by atoms with Crippen molar-refractivity contribution in [1.82, 2.24) is 4.90 Å². The average molecular weight is 225 g/mol. The number of rotatable bonds is 5. The van der Waals surface area contributed by atoms with Crippen LogP contribution in [0.5, 0.6) is 0 Å². The average Bonchev–Trinajstić information content (AvgIpc) is 2.97. The van der Waals surface area contributed by atoms with Gasteiger partial charge in [-0.15, -0.1) is 0 Å². The molecule has 1 saturated carbocycles. The predicted molar refractivity (Wildman–Crippen MR) is 64.7 cm³/mol. The first-order chi connectivity index (χ1) is 7.65. The lowest BCUT2D eigenvalue weighted by molar-refractivity contribution is -0.0171. The van der Waals surface area contributed by atoms with Crippen molar-refractivity contribution in [3.63, 3.8) is 0 Å². The Morgan fingerprint density at radius 3 is 2.88 bits per heavy atom. The smallest absolute Gasteiger partial charge is 0.0911 e. The molecule has 0 bridgehead atoms. The fourth-order valence-corrected chi connectivity index (χ4v) is 2.68. The zero-order chi connectivity index (χ0) is 11.6. The minimum absolute atomic E-state index is 0.330. The highest BCUT2D eigenvalue weighted by molar-refractivity contribution is 5.78. The van der Waals surface area contributed by atoms with Crippen LogP contribution in [0.3, 0.4) is 0 Å². The van der Waals surface area contributed by atoms with Crippen LogP contribution in [0.2, 0.25) is 0 Å². The van der Waals surface area contributed by atoms with Gasteiger partial charge in [0.1, 0.15) is 0 Å². The first-order valence-corrected chi connectivity index (χ1v) is 6.30. The van der Waals surface area contributed by atoms with E-state index in [4.69, 9.17) is 15.9 Å². The Bertz CT molecular complexity index is 263. The lowest BCUT2D eigenvalue weighted by atomic mass is 9.99. The molecule has 92 valence electrons. The molecule has 4 heteroatoms. The molecule has 1 heterocycles. The van der Waals surface area contributed by atoms with Gasteiger partial charge in [0.05, 0.1) is 19.0 Å². The molecular weight excluding hydrogens is 202 g/mol. The topological polar surface area (TPSA) is 62.3 Å². The Morgan fingerprint density at radius 1 is 1.56 bits per heavy atom. The molecule has 2 aliphatic rings. The van der Waals surface area contributed by atoms with Gasteiger partial charge in [0.15, 0.2) is 0 Å². The summed E-state index contributed by atoms with van der Waals surface area (Å²) in [4.78, 5) is 2.54. The molecule has 1 atom stereocenters. The molecule has 0 radical (unpaired) electrons. The third kappa shape index (κ3) is 2.74. The Morgan fingerprint density at radius 2 is 2.31 bits per heavy atom. The van der Waals surface area contributed by atoms with E-state index in [1.54, 1.807) is 0 Å². The minimum Gasteiger partial charge on any atom is -0.388 e. The van der Waals surface area contributed by atoms with Crippen LogP contribution >= 0.6 is 0 Å². The number of morpholine rings is 1. The Kier molecular flexibility index (Phi) is 3.50. The lowest BCUT2D eigenvalue weighted by Gasteiger charge is -2.37. The molecule has 16 heavy (non-hydrogen) atoms. The SMILES string of the molecule is CCC1COCCN1CC1(CC(=N)N)CC1. The predicted octanol–water partition coefficient (Wildman–Crippen LogP) is 1.20. The Labute approximate surface area is 97.6 Å². The van der Waals surface area contributed by atoms with Gasteiger partial charge >= 0.3 is 0 Å². The van der Waals surface area contributed by atoms with Crippen LogP contribution in [0, 0.1) is 10.8 Å². The first kappa shape index (κ1) is 11.9. The molecule has 0 amide bonds. The third-order valence-electron chi connectivity index (χ3n) is 3.88. The van der Waals surface area contributed by atoms with Crippen LogP contribution in [0.15, 0.2) is 0 Å². The van der Waals surface area contributed by atoms with Gasteiger partial charge < -0.3 is 10.5 Å². The Hall–Kier alpha value is -0.610. The van der Waals surface area contributed by atoms with E-state index in [9.17, 15) is 0 Å². The largest absolute Gasteiger partial charge is 0.388 e. The van der Waals surface area contributed by atoms with Gasteiger partial charge in [-0.25, -0.2) is 0 Å². The molecular formula is C12H23N3O. The van der Waals surface area contributed by atoms with Gasteiger partial charge in [-0.2, -0.15) is 0 Å². The standard InChI is InChI=1S/C12H23N3O/c1-2-10-8-16-6-5-15(10)9-12(3-4-12)7-11(13)14/h10H,2-9H2,1H3,(H3,13,14). The summed E-state index contributed by atoms with van der Waals surface area (Å²) in [5.41, 5.74) is 5.86. The van der Waals surface area contributed by atoms with Crippen LogP contribution in [-0.4, -0.2) is 43.1 Å². The van der Waals surface area contributed by atoms with Crippen molar-refractivity contribution in [2.45, 2.75) is 38.6 Å². The van der Waals surface area contributed by atoms with Crippen molar-refractivity contribution >= 4 is 5.84 Å². The van der Waals surface area contributed by atoms with Crippen LogP contribution in [0.4, 0.5) is 0 Å². The normalized spacial score (nSPS) is 28.9. The molecule has 2 rings (SSSR count). The van der Waals surface area contributed by atoms with E-state index in [1.807, 2.05) is 0 Å². The summed E-state index contributed by atoms with van der Waals surface area (Å²) >= 11 is 0. The molecule has 0 spiro atoms. The van der Waals surface area contributed by atoms with Gasteiger partial charge in [0.2, 0.25) is 0 Å². The second-order valence-electron chi connectivity index (χ2n) is 5.31. The Balaban J connectivity index is 1.89. The molecule has 1 aliphatic heterocycles. The highest BCUT2D eigenvalue weighted by Crippen LogP contribution is 2.49. The van der Waals surface area contributed by atoms with Gasteiger partial charge in [-0.05, 0) is 24.7 Å². The van der Waals surface area contributed by atoms with Gasteiger partial charge in [-0.3, -0.25) is 10.3 Å². The summed E-state index contributed by atoms with van der Waals surface area (Å²) < 4.78 is 5.51. The van der Waals surface area contributed by atoms with Crippen molar-refractivity contribution in [3.05, 3.63) is 0 Å². The number of hydrogen-bond acceptors (Lipinski definition) is 3. The third-order valence-corrected chi connectivity index (χ3v) is 3.88. The number of amidine groups is 1. The summed E-state index contributed by atoms with van der Waals surface area (Å²) in [5, 5.41) is 7.44. The van der Waals surface area contributed by atoms with Crippen molar-refractivity contribution in [2.75, 3.05) is 26.3 Å².